The summed E-state index contributed by atoms with van der Waals surface area (Å²) in [4.78, 5) is 23.1. The van der Waals surface area contributed by atoms with Crippen LogP contribution in [0.25, 0.3) is 11.0 Å². The van der Waals surface area contributed by atoms with Crippen LogP contribution in [0, 0.1) is 35.9 Å². The van der Waals surface area contributed by atoms with E-state index in [2.05, 4.69) is 4.98 Å². The summed E-state index contributed by atoms with van der Waals surface area (Å²) in [7, 11) is 0. The summed E-state index contributed by atoms with van der Waals surface area (Å²) < 4.78 is 21.5. The lowest BCUT2D eigenvalue weighted by Gasteiger charge is -2.31. The van der Waals surface area contributed by atoms with E-state index in [4.69, 9.17) is 14.5 Å². The molecule has 0 unspecified atom stereocenters. The van der Waals surface area contributed by atoms with Crippen LogP contribution in [-0.2, 0) is 16.2 Å². The lowest BCUT2D eigenvalue weighted by molar-refractivity contribution is -0.183. The van der Waals surface area contributed by atoms with Crippen molar-refractivity contribution in [1.82, 2.24) is 14.6 Å². The first-order valence-corrected chi connectivity index (χ1v) is 11.1. The minimum Gasteiger partial charge on any atom is -0.469 e. The average molecular weight is 436 g/mol. The van der Waals surface area contributed by atoms with Gasteiger partial charge in [0, 0.05) is 24.4 Å². The second-order valence-electron chi connectivity index (χ2n) is 8.84. The summed E-state index contributed by atoms with van der Waals surface area (Å²) in [5.74, 6) is 0.728. The Labute approximate surface area is 185 Å². The first kappa shape index (κ1) is 20.7. The number of imidazole rings is 1. The van der Waals surface area contributed by atoms with Crippen LogP contribution >= 0.6 is 0 Å². The van der Waals surface area contributed by atoms with Crippen LogP contribution in [0.15, 0.2) is 35.2 Å². The number of amides is 1. The number of nitrogens with zero attached hydrogens (tertiary/aromatic N) is 4. The van der Waals surface area contributed by atoms with E-state index in [1.54, 1.807) is 23.7 Å². The highest BCUT2D eigenvalue weighted by atomic mass is 19.1. The molecule has 2 aromatic heterocycles. The molecule has 166 valence electrons. The number of aromatic nitrogens is 2. The predicted molar refractivity (Wildman–Crippen MR) is 113 cm³/mol. The van der Waals surface area contributed by atoms with Crippen molar-refractivity contribution in [3.05, 3.63) is 53.5 Å². The normalized spacial score (nSPS) is 23.5. The van der Waals surface area contributed by atoms with Gasteiger partial charge < -0.3 is 8.98 Å². The molecule has 7 nitrogen and oxygen atoms in total. The second-order valence-corrected chi connectivity index (χ2v) is 8.84. The van der Waals surface area contributed by atoms with Crippen molar-refractivity contribution >= 4 is 16.9 Å². The Bertz CT molecular complexity index is 1190. The molecule has 1 aliphatic carbocycles. The quantitative estimate of drug-likeness (QED) is 0.594. The van der Waals surface area contributed by atoms with Gasteiger partial charge in [-0.1, -0.05) is 0 Å². The first-order valence-electron chi connectivity index (χ1n) is 11.1. The molecule has 0 radical (unpaired) electrons. The maximum absolute atomic E-state index is 14.2. The molecule has 1 amide bonds. The van der Waals surface area contributed by atoms with Crippen LogP contribution in [-0.4, -0.2) is 27.1 Å². The highest BCUT2D eigenvalue weighted by molar-refractivity contribution is 5.79. The fourth-order valence-electron chi connectivity index (χ4n) is 5.01. The molecule has 0 bridgehead atoms. The zero-order valence-electron chi connectivity index (χ0n) is 18.0. The molecule has 1 saturated heterocycles. The molecule has 32 heavy (non-hydrogen) atoms. The standard InChI is InChI=1S/C24H25FN4O3/c1-15-8-19(13-31-15)21-6-7-32-29(21)24(30)18-4-2-16(3-5-18)12-28-14-27-23-20(25)9-17(11-26)10-22(23)28/h8-10,13-14,16,18,21H,2-7,12H2,1H3/t16?,18?,21-/m0/s1. The Balaban J connectivity index is 1.23. The van der Waals surface area contributed by atoms with Crippen molar-refractivity contribution < 1.29 is 18.4 Å². The van der Waals surface area contributed by atoms with Crippen LogP contribution < -0.4 is 0 Å². The van der Waals surface area contributed by atoms with Gasteiger partial charge in [-0.3, -0.25) is 9.63 Å². The number of benzene rings is 1. The van der Waals surface area contributed by atoms with Gasteiger partial charge in [0.15, 0.2) is 5.82 Å². The number of nitriles is 1. The number of hydroxylamine groups is 2. The molecule has 0 N–H and O–H groups in total. The van der Waals surface area contributed by atoms with Crippen LogP contribution in [0.5, 0.6) is 0 Å². The zero-order chi connectivity index (χ0) is 22.2. The van der Waals surface area contributed by atoms with Gasteiger partial charge in [-0.15, -0.1) is 0 Å². The SMILES string of the molecule is Cc1cc([C@@H]2CCON2C(=O)C2CCC(Cn3cnc4c(F)cc(C#N)cc43)CC2)co1. The number of halogens is 1. The third-order valence-electron chi connectivity index (χ3n) is 6.72. The molecule has 1 atom stereocenters. The fraction of sp³-hybridized carbons (Fsp3) is 0.458. The minimum absolute atomic E-state index is 0.0537. The summed E-state index contributed by atoms with van der Waals surface area (Å²) in [5.41, 5.74) is 2.21. The second kappa shape index (κ2) is 8.40. The van der Waals surface area contributed by atoms with E-state index >= 15 is 0 Å². The van der Waals surface area contributed by atoms with Crippen LogP contribution in [0.2, 0.25) is 0 Å². The maximum Gasteiger partial charge on any atom is 0.249 e. The molecule has 1 aliphatic heterocycles. The molecule has 8 heteroatoms. The Morgan fingerprint density at radius 1 is 1.25 bits per heavy atom. The van der Waals surface area contributed by atoms with Crippen molar-refractivity contribution in [3.8, 4) is 6.07 Å². The van der Waals surface area contributed by atoms with Gasteiger partial charge in [-0.05, 0) is 56.7 Å². The Hall–Kier alpha value is -3.18. The number of hydrogen-bond donors (Lipinski definition) is 0. The van der Waals surface area contributed by atoms with E-state index in [0.717, 1.165) is 43.4 Å². The van der Waals surface area contributed by atoms with Crippen LogP contribution in [0.3, 0.4) is 0 Å². The van der Waals surface area contributed by atoms with Gasteiger partial charge in [-0.2, -0.15) is 5.26 Å². The molecule has 2 aliphatic rings. The van der Waals surface area contributed by atoms with Crippen LogP contribution in [0.1, 0.15) is 55.0 Å². The van der Waals surface area contributed by atoms with Crippen LogP contribution in [0.4, 0.5) is 4.39 Å². The van der Waals surface area contributed by atoms with Crippen molar-refractivity contribution in [2.75, 3.05) is 6.61 Å². The third kappa shape index (κ3) is 3.78. The monoisotopic (exact) mass is 436 g/mol. The number of carbonyl (C=O) groups is 1. The predicted octanol–water partition coefficient (Wildman–Crippen LogP) is 4.66. The number of aryl methyl sites for hydroxylation is 1. The van der Waals surface area contributed by atoms with Gasteiger partial charge in [0.05, 0.1) is 42.4 Å². The fourth-order valence-corrected chi connectivity index (χ4v) is 5.01. The average Bonchev–Trinajstić information content (AvgIpc) is 3.54. The summed E-state index contributed by atoms with van der Waals surface area (Å²) in [5, 5.41) is 10.7. The number of hydrogen-bond acceptors (Lipinski definition) is 5. The van der Waals surface area contributed by atoms with Crippen molar-refractivity contribution in [3.63, 3.8) is 0 Å². The summed E-state index contributed by atoms with van der Waals surface area (Å²) >= 11 is 0. The topological polar surface area (TPSA) is 84.3 Å². The van der Waals surface area contributed by atoms with E-state index in [1.165, 1.54) is 6.07 Å². The Morgan fingerprint density at radius 3 is 2.78 bits per heavy atom. The smallest absolute Gasteiger partial charge is 0.249 e. The number of carbonyl (C=O) groups excluding carboxylic acids is 1. The highest BCUT2D eigenvalue weighted by Crippen LogP contribution is 2.37. The minimum atomic E-state index is -0.472. The van der Waals surface area contributed by atoms with Gasteiger partial charge in [0.2, 0.25) is 5.91 Å². The maximum atomic E-state index is 14.2. The molecule has 5 rings (SSSR count). The molecular formula is C24H25FN4O3. The lowest BCUT2D eigenvalue weighted by Crippen LogP contribution is -2.36. The summed E-state index contributed by atoms with van der Waals surface area (Å²) in [6.07, 6.45) is 7.52. The van der Waals surface area contributed by atoms with Crippen molar-refractivity contribution in [1.29, 1.82) is 5.26 Å². The Kier molecular flexibility index (Phi) is 5.43. The number of fused-ring (bicyclic) bond motifs is 1. The number of furan rings is 1. The molecule has 3 aromatic rings. The van der Waals surface area contributed by atoms with E-state index in [1.807, 2.05) is 23.6 Å². The molecule has 0 spiro atoms. The molecule has 1 aromatic carbocycles. The summed E-state index contributed by atoms with van der Waals surface area (Å²) in [6.45, 7) is 3.12. The van der Waals surface area contributed by atoms with Gasteiger partial charge in [0.1, 0.15) is 11.3 Å². The van der Waals surface area contributed by atoms with E-state index in [0.29, 0.717) is 35.7 Å². The van der Waals surface area contributed by atoms with E-state index < -0.39 is 5.82 Å². The van der Waals surface area contributed by atoms with E-state index in [-0.39, 0.29) is 17.9 Å². The summed E-state index contributed by atoms with van der Waals surface area (Å²) in [6, 6.07) is 6.78. The lowest BCUT2D eigenvalue weighted by atomic mass is 9.81. The van der Waals surface area contributed by atoms with Gasteiger partial charge >= 0.3 is 0 Å². The third-order valence-corrected chi connectivity index (χ3v) is 6.72. The highest BCUT2D eigenvalue weighted by Gasteiger charge is 2.37. The van der Waals surface area contributed by atoms with Gasteiger partial charge in [0.25, 0.3) is 0 Å². The zero-order valence-corrected chi connectivity index (χ0v) is 18.0. The first-order chi connectivity index (χ1) is 15.5. The van der Waals surface area contributed by atoms with Crippen molar-refractivity contribution in [2.45, 2.75) is 51.6 Å². The number of rotatable bonds is 4. The largest absolute Gasteiger partial charge is 0.469 e. The Morgan fingerprint density at radius 2 is 2.06 bits per heavy atom. The molecule has 3 heterocycles. The molecule has 2 fully saturated rings. The van der Waals surface area contributed by atoms with Gasteiger partial charge in [-0.25, -0.2) is 14.4 Å². The van der Waals surface area contributed by atoms with Crippen molar-refractivity contribution in [2.24, 2.45) is 11.8 Å². The molecular weight excluding hydrogens is 411 g/mol. The molecule has 1 saturated carbocycles. The van der Waals surface area contributed by atoms with E-state index in [9.17, 15) is 9.18 Å².